The van der Waals surface area contributed by atoms with E-state index in [0.29, 0.717) is 6.42 Å². The molecule has 40 valence electrons. The average Bonchev–Trinajstić information content (AvgIpc) is 1.61. The van der Waals surface area contributed by atoms with Gasteiger partial charge >= 0.3 is 51.4 Å². The summed E-state index contributed by atoms with van der Waals surface area (Å²) in [5.74, 6) is -1.01. The molecule has 0 saturated heterocycles. The minimum absolute atomic E-state index is 0. The third-order valence-corrected chi connectivity index (χ3v) is 0.553. The molecule has 0 heterocycles. The fraction of sp³-hybridized carbons (Fsp3) is 0.400. The van der Waals surface area contributed by atoms with Gasteiger partial charge < -0.3 is 9.90 Å². The van der Waals surface area contributed by atoms with E-state index in [0.717, 1.165) is 0 Å². The molecular weight excluding hydrogens is 131 g/mol. The third kappa shape index (κ3) is 9.96. The van der Waals surface area contributed by atoms with Crippen LogP contribution >= 0.6 is 0 Å². The van der Waals surface area contributed by atoms with E-state index in [-0.39, 0.29) is 57.8 Å². The molecule has 0 bridgehead atoms. The van der Waals surface area contributed by atoms with Gasteiger partial charge in [-0.25, -0.2) is 0 Å². The first-order chi connectivity index (χ1) is 3.27. The zero-order valence-corrected chi connectivity index (χ0v) is 8.14. The molecule has 0 saturated carbocycles. The molecule has 0 aliphatic heterocycles. The third-order valence-electron chi connectivity index (χ3n) is 0.553. The molecule has 0 aromatic heterocycles. The van der Waals surface area contributed by atoms with Crippen molar-refractivity contribution in [2.75, 3.05) is 0 Å². The quantitative estimate of drug-likeness (QED) is 0.303. The minimum atomic E-state index is -1.01. The van der Waals surface area contributed by atoms with Gasteiger partial charge in [0.05, 0.1) is 0 Å². The topological polar surface area (TPSA) is 40.1 Å². The van der Waals surface area contributed by atoms with Crippen LogP contribution in [0.25, 0.3) is 0 Å². The van der Waals surface area contributed by atoms with Gasteiger partial charge in [-0.15, -0.1) is 6.58 Å². The summed E-state index contributed by atoms with van der Waals surface area (Å²) in [4.78, 5) is 9.60. The Bertz CT molecular complexity index is 80.5. The van der Waals surface area contributed by atoms with Crippen molar-refractivity contribution >= 4 is 5.97 Å². The summed E-state index contributed by atoms with van der Waals surface area (Å²) in [5, 5.41) is 9.60. The normalized spacial score (nSPS) is 7.00. The van der Waals surface area contributed by atoms with Gasteiger partial charge in [0.15, 0.2) is 0 Å². The van der Waals surface area contributed by atoms with Crippen LogP contribution in [0.2, 0.25) is 0 Å². The summed E-state index contributed by atoms with van der Waals surface area (Å²) in [5.41, 5.74) is 0. The van der Waals surface area contributed by atoms with Crippen LogP contribution in [0.15, 0.2) is 12.7 Å². The number of carboxylic acids is 1. The van der Waals surface area contributed by atoms with Crippen LogP contribution < -0.4 is 56.5 Å². The van der Waals surface area contributed by atoms with Gasteiger partial charge in [0.2, 0.25) is 0 Å². The van der Waals surface area contributed by atoms with E-state index in [2.05, 4.69) is 6.58 Å². The fourth-order valence-corrected chi connectivity index (χ4v) is 0.220. The first-order valence-electron chi connectivity index (χ1n) is 2.08. The molecule has 0 aliphatic carbocycles. The minimum Gasteiger partial charge on any atom is -0.550 e. The average molecular weight is 138 g/mol. The maximum Gasteiger partial charge on any atom is 1.00 e. The summed E-state index contributed by atoms with van der Waals surface area (Å²) in [7, 11) is 0. The number of carbonyl (C=O) groups is 1. The van der Waals surface area contributed by atoms with Crippen molar-refractivity contribution in [1.82, 2.24) is 0 Å². The summed E-state index contributed by atoms with van der Waals surface area (Å²) >= 11 is 0. The van der Waals surface area contributed by atoms with Crippen molar-refractivity contribution in [1.29, 1.82) is 0 Å². The molecular formula is C5H7KO2. The number of hydrogen-bond donors (Lipinski definition) is 0. The molecule has 0 aromatic rings. The predicted octanol–water partition coefficient (Wildman–Crippen LogP) is -3.29. The SMILES string of the molecule is C=CCCC(=O)[O-].[K+]. The number of rotatable bonds is 3. The molecule has 2 nitrogen and oxygen atoms in total. The molecule has 0 amide bonds. The van der Waals surface area contributed by atoms with E-state index in [1.165, 1.54) is 0 Å². The van der Waals surface area contributed by atoms with E-state index in [1.807, 2.05) is 0 Å². The van der Waals surface area contributed by atoms with Gasteiger partial charge in [-0.05, 0) is 12.8 Å². The van der Waals surface area contributed by atoms with E-state index >= 15 is 0 Å². The molecule has 0 fully saturated rings. The van der Waals surface area contributed by atoms with Gasteiger partial charge in [0.25, 0.3) is 0 Å². The van der Waals surface area contributed by atoms with Crippen LogP contribution in [-0.4, -0.2) is 5.97 Å². The number of carboxylic acid groups (broad SMARTS) is 1. The van der Waals surface area contributed by atoms with E-state index in [1.54, 1.807) is 6.08 Å². The van der Waals surface area contributed by atoms with Crippen molar-refractivity contribution < 1.29 is 61.3 Å². The van der Waals surface area contributed by atoms with Gasteiger partial charge in [0, 0.05) is 5.97 Å². The van der Waals surface area contributed by atoms with Crippen LogP contribution in [-0.2, 0) is 4.79 Å². The largest absolute Gasteiger partial charge is 1.00 e. The number of hydrogen-bond acceptors (Lipinski definition) is 2. The Balaban J connectivity index is 0. The van der Waals surface area contributed by atoms with E-state index in [9.17, 15) is 9.90 Å². The Morgan fingerprint density at radius 2 is 2.25 bits per heavy atom. The van der Waals surface area contributed by atoms with E-state index < -0.39 is 5.97 Å². The second-order valence-corrected chi connectivity index (χ2v) is 1.20. The van der Waals surface area contributed by atoms with Crippen LogP contribution in [0, 0.1) is 0 Å². The Hall–Kier alpha value is 0.846. The molecule has 0 spiro atoms. The Morgan fingerprint density at radius 1 is 1.75 bits per heavy atom. The summed E-state index contributed by atoms with van der Waals surface area (Å²) in [6, 6.07) is 0. The van der Waals surface area contributed by atoms with Crippen LogP contribution in [0.5, 0.6) is 0 Å². The fourth-order valence-electron chi connectivity index (χ4n) is 0.220. The molecule has 0 radical (unpaired) electrons. The second-order valence-electron chi connectivity index (χ2n) is 1.20. The van der Waals surface area contributed by atoms with Crippen LogP contribution in [0.4, 0.5) is 0 Å². The summed E-state index contributed by atoms with van der Waals surface area (Å²) in [6.07, 6.45) is 2.14. The van der Waals surface area contributed by atoms with Gasteiger partial charge in [-0.1, -0.05) is 6.08 Å². The molecule has 0 atom stereocenters. The molecule has 3 heteroatoms. The van der Waals surface area contributed by atoms with Gasteiger partial charge in [-0.2, -0.15) is 0 Å². The van der Waals surface area contributed by atoms with Crippen molar-refractivity contribution in [2.24, 2.45) is 0 Å². The standard InChI is InChI=1S/C5H8O2.K/c1-2-3-4-5(6)7;/h2H,1,3-4H2,(H,6,7);/q;+1/p-1. The smallest absolute Gasteiger partial charge is 0.550 e. The molecule has 0 aromatic carbocycles. The zero-order valence-electron chi connectivity index (χ0n) is 5.02. The van der Waals surface area contributed by atoms with Crippen molar-refractivity contribution in [3.63, 3.8) is 0 Å². The van der Waals surface area contributed by atoms with Crippen molar-refractivity contribution in [2.45, 2.75) is 12.8 Å². The second kappa shape index (κ2) is 7.85. The first kappa shape index (κ1) is 11.6. The zero-order chi connectivity index (χ0) is 5.70. The maximum absolute atomic E-state index is 9.60. The van der Waals surface area contributed by atoms with Crippen LogP contribution in [0.3, 0.4) is 0 Å². The van der Waals surface area contributed by atoms with Crippen molar-refractivity contribution in [3.05, 3.63) is 12.7 Å². The predicted molar refractivity (Wildman–Crippen MR) is 24.4 cm³/mol. The monoisotopic (exact) mass is 138 g/mol. The Kier molecular flexibility index (Phi) is 11.4. The number of carbonyl (C=O) groups excluding carboxylic acids is 1. The number of aliphatic carboxylic acids is 1. The number of allylic oxidation sites excluding steroid dienone is 1. The Morgan fingerprint density at radius 3 is 2.38 bits per heavy atom. The Labute approximate surface area is 91.4 Å². The maximum atomic E-state index is 9.60. The molecule has 0 N–H and O–H groups in total. The molecule has 8 heavy (non-hydrogen) atoms. The molecule has 0 unspecified atom stereocenters. The first-order valence-corrected chi connectivity index (χ1v) is 2.08. The summed E-state index contributed by atoms with van der Waals surface area (Å²) < 4.78 is 0. The molecule has 0 aliphatic rings. The van der Waals surface area contributed by atoms with Crippen molar-refractivity contribution in [3.8, 4) is 0 Å². The van der Waals surface area contributed by atoms with Crippen LogP contribution in [0.1, 0.15) is 12.8 Å². The molecule has 0 rings (SSSR count). The van der Waals surface area contributed by atoms with E-state index in [4.69, 9.17) is 0 Å². The summed E-state index contributed by atoms with van der Waals surface area (Å²) in [6.45, 7) is 3.34. The van der Waals surface area contributed by atoms with Gasteiger partial charge in [-0.3, -0.25) is 0 Å². The van der Waals surface area contributed by atoms with Gasteiger partial charge in [0.1, 0.15) is 0 Å².